The Bertz CT molecular complexity index is 444. The number of benzene rings is 1. The third kappa shape index (κ3) is 4.93. The molecule has 118 valence electrons. The predicted molar refractivity (Wildman–Crippen MR) is 82.2 cm³/mol. The highest BCUT2D eigenvalue weighted by Gasteiger charge is 2.18. The van der Waals surface area contributed by atoms with Gasteiger partial charge in [-0.2, -0.15) is 0 Å². The minimum absolute atomic E-state index is 0.364. The number of nitrogens with zero attached hydrogens (tertiary/aromatic N) is 1. The molecule has 0 fully saturated rings. The first-order valence-electron chi connectivity index (χ1n) is 7.37. The summed E-state index contributed by atoms with van der Waals surface area (Å²) in [7, 11) is 1.55. The first kappa shape index (κ1) is 17.3. The molecular formula is C16H25NO4. The van der Waals surface area contributed by atoms with E-state index in [0.29, 0.717) is 30.3 Å². The molecule has 0 spiro atoms. The maximum Gasteiger partial charge on any atom is 0.342 e. The van der Waals surface area contributed by atoms with Crippen LogP contribution in [-0.4, -0.2) is 50.8 Å². The molecule has 0 heterocycles. The molecule has 0 bridgehead atoms. The summed E-state index contributed by atoms with van der Waals surface area (Å²) in [5.41, 5.74) is 0.399. The fraction of sp³-hybridized carbons (Fsp3) is 0.562. The van der Waals surface area contributed by atoms with Gasteiger partial charge in [-0.25, -0.2) is 4.79 Å². The average Bonchev–Trinajstić information content (AvgIpc) is 2.51. The van der Waals surface area contributed by atoms with Gasteiger partial charge in [0.05, 0.1) is 13.7 Å². The first-order chi connectivity index (χ1) is 10.2. The zero-order valence-corrected chi connectivity index (χ0v) is 13.3. The number of rotatable bonds is 9. The van der Waals surface area contributed by atoms with Crippen LogP contribution in [0.5, 0.6) is 11.5 Å². The Hall–Kier alpha value is -1.75. The Balaban J connectivity index is 2.73. The van der Waals surface area contributed by atoms with Crippen molar-refractivity contribution in [3.8, 4) is 11.5 Å². The van der Waals surface area contributed by atoms with E-state index in [4.69, 9.17) is 14.2 Å². The van der Waals surface area contributed by atoms with Gasteiger partial charge >= 0.3 is 5.97 Å². The summed E-state index contributed by atoms with van der Waals surface area (Å²) < 4.78 is 16.1. The van der Waals surface area contributed by atoms with Gasteiger partial charge in [0.1, 0.15) is 12.2 Å². The van der Waals surface area contributed by atoms with Crippen molar-refractivity contribution < 1.29 is 19.0 Å². The van der Waals surface area contributed by atoms with Gasteiger partial charge in [-0.05, 0) is 32.1 Å². The van der Waals surface area contributed by atoms with Gasteiger partial charge in [0.2, 0.25) is 0 Å². The lowest BCUT2D eigenvalue weighted by atomic mass is 10.2. The molecule has 5 nitrogen and oxygen atoms in total. The van der Waals surface area contributed by atoms with Crippen LogP contribution >= 0.6 is 0 Å². The molecule has 0 amide bonds. The van der Waals surface area contributed by atoms with Crippen molar-refractivity contribution in [3.63, 3.8) is 0 Å². The van der Waals surface area contributed by atoms with Crippen molar-refractivity contribution in [3.05, 3.63) is 23.8 Å². The van der Waals surface area contributed by atoms with Gasteiger partial charge in [0, 0.05) is 6.54 Å². The zero-order chi connectivity index (χ0) is 15.7. The lowest BCUT2D eigenvalue weighted by Crippen LogP contribution is -2.28. The van der Waals surface area contributed by atoms with Crippen LogP contribution in [0.3, 0.4) is 0 Å². The Morgan fingerprint density at radius 1 is 1.19 bits per heavy atom. The monoisotopic (exact) mass is 295 g/mol. The molecule has 0 aliphatic heterocycles. The minimum atomic E-state index is -0.385. The minimum Gasteiger partial charge on any atom is -0.493 e. The van der Waals surface area contributed by atoms with E-state index in [1.165, 1.54) is 0 Å². The zero-order valence-electron chi connectivity index (χ0n) is 13.3. The normalized spacial score (nSPS) is 10.5. The fourth-order valence-corrected chi connectivity index (χ4v) is 2.02. The van der Waals surface area contributed by atoms with Crippen molar-refractivity contribution >= 4 is 5.97 Å². The molecule has 1 aromatic carbocycles. The molecular weight excluding hydrogens is 270 g/mol. The highest BCUT2D eigenvalue weighted by atomic mass is 16.5. The summed E-state index contributed by atoms with van der Waals surface area (Å²) in [6, 6.07) is 5.20. The van der Waals surface area contributed by atoms with Crippen LogP contribution in [-0.2, 0) is 4.74 Å². The maximum atomic E-state index is 12.2. The smallest absolute Gasteiger partial charge is 0.342 e. The van der Waals surface area contributed by atoms with Gasteiger partial charge in [0.15, 0.2) is 11.5 Å². The molecule has 0 saturated carbocycles. The van der Waals surface area contributed by atoms with Gasteiger partial charge in [-0.15, -0.1) is 0 Å². The van der Waals surface area contributed by atoms with Crippen molar-refractivity contribution in [2.75, 3.05) is 40.0 Å². The van der Waals surface area contributed by atoms with Gasteiger partial charge in [-0.1, -0.05) is 19.9 Å². The lowest BCUT2D eigenvalue weighted by Gasteiger charge is -2.18. The number of likely N-dealkylation sites (N-methyl/N-ethyl adjacent to an activating group) is 1. The highest BCUT2D eigenvalue weighted by Crippen LogP contribution is 2.31. The Morgan fingerprint density at radius 3 is 2.48 bits per heavy atom. The van der Waals surface area contributed by atoms with Gasteiger partial charge < -0.3 is 19.1 Å². The number of para-hydroxylation sites is 1. The van der Waals surface area contributed by atoms with Crippen LogP contribution in [0.15, 0.2) is 18.2 Å². The second-order valence-electron chi connectivity index (χ2n) is 4.43. The quantitative estimate of drug-likeness (QED) is 0.655. The number of hydrogen-bond donors (Lipinski definition) is 0. The van der Waals surface area contributed by atoms with Crippen LogP contribution < -0.4 is 9.47 Å². The van der Waals surface area contributed by atoms with E-state index in [9.17, 15) is 4.79 Å². The Morgan fingerprint density at radius 2 is 1.90 bits per heavy atom. The summed E-state index contributed by atoms with van der Waals surface area (Å²) in [5, 5.41) is 0. The summed E-state index contributed by atoms with van der Waals surface area (Å²) in [5.74, 6) is 0.592. The summed E-state index contributed by atoms with van der Waals surface area (Å²) >= 11 is 0. The van der Waals surface area contributed by atoms with E-state index in [0.717, 1.165) is 19.6 Å². The molecule has 0 atom stereocenters. The fourth-order valence-electron chi connectivity index (χ4n) is 2.02. The number of hydrogen-bond acceptors (Lipinski definition) is 5. The second kappa shape index (κ2) is 9.23. The molecule has 0 aromatic heterocycles. The molecule has 0 radical (unpaired) electrons. The maximum absolute atomic E-state index is 12.2. The predicted octanol–water partition coefficient (Wildman–Crippen LogP) is 2.59. The average molecular weight is 295 g/mol. The summed E-state index contributed by atoms with van der Waals surface area (Å²) in [6.45, 7) is 9.47. The largest absolute Gasteiger partial charge is 0.493 e. The van der Waals surface area contributed by atoms with E-state index in [2.05, 4.69) is 18.7 Å². The third-order valence-electron chi connectivity index (χ3n) is 3.24. The molecule has 1 aromatic rings. The van der Waals surface area contributed by atoms with Crippen LogP contribution in [0, 0.1) is 0 Å². The van der Waals surface area contributed by atoms with E-state index < -0.39 is 0 Å². The second-order valence-corrected chi connectivity index (χ2v) is 4.43. The SMILES string of the molecule is CCOc1c(OC)cccc1C(=O)OCCN(CC)CC. The first-order valence-corrected chi connectivity index (χ1v) is 7.37. The van der Waals surface area contributed by atoms with Crippen LogP contribution in [0.4, 0.5) is 0 Å². The molecule has 1 rings (SSSR count). The summed E-state index contributed by atoms with van der Waals surface area (Å²) in [4.78, 5) is 14.4. The molecule has 0 unspecified atom stereocenters. The number of ether oxygens (including phenoxy) is 3. The van der Waals surface area contributed by atoms with Crippen molar-refractivity contribution in [2.24, 2.45) is 0 Å². The van der Waals surface area contributed by atoms with Crippen molar-refractivity contribution in [2.45, 2.75) is 20.8 Å². The third-order valence-corrected chi connectivity index (χ3v) is 3.24. The van der Waals surface area contributed by atoms with E-state index in [1.54, 1.807) is 25.3 Å². The van der Waals surface area contributed by atoms with E-state index in [1.807, 2.05) is 6.92 Å². The summed E-state index contributed by atoms with van der Waals surface area (Å²) in [6.07, 6.45) is 0. The molecule has 21 heavy (non-hydrogen) atoms. The molecule has 0 aliphatic rings. The van der Waals surface area contributed by atoms with Crippen LogP contribution in [0.1, 0.15) is 31.1 Å². The highest BCUT2D eigenvalue weighted by molar-refractivity contribution is 5.93. The molecule has 0 aliphatic carbocycles. The topological polar surface area (TPSA) is 48.0 Å². The van der Waals surface area contributed by atoms with Crippen molar-refractivity contribution in [1.82, 2.24) is 4.90 Å². The molecule has 5 heteroatoms. The number of carbonyl (C=O) groups is 1. The van der Waals surface area contributed by atoms with Crippen molar-refractivity contribution in [1.29, 1.82) is 0 Å². The standard InChI is InChI=1S/C16H25NO4/c1-5-17(6-2)11-12-21-16(18)13-9-8-10-14(19-4)15(13)20-7-3/h8-10H,5-7,11-12H2,1-4H3. The van der Waals surface area contributed by atoms with E-state index >= 15 is 0 Å². The number of methoxy groups -OCH3 is 1. The number of carbonyl (C=O) groups excluding carboxylic acids is 1. The van der Waals surface area contributed by atoms with Gasteiger partial charge in [0.25, 0.3) is 0 Å². The van der Waals surface area contributed by atoms with Crippen LogP contribution in [0.25, 0.3) is 0 Å². The lowest BCUT2D eigenvalue weighted by molar-refractivity contribution is 0.0461. The van der Waals surface area contributed by atoms with Crippen LogP contribution in [0.2, 0.25) is 0 Å². The van der Waals surface area contributed by atoms with Gasteiger partial charge in [-0.3, -0.25) is 0 Å². The Labute approximate surface area is 126 Å². The molecule has 0 N–H and O–H groups in total. The molecule has 0 saturated heterocycles. The van der Waals surface area contributed by atoms with E-state index in [-0.39, 0.29) is 5.97 Å². The Kier molecular flexibility index (Phi) is 7.61. The number of esters is 1.